The Bertz CT molecular complexity index is 982. The third kappa shape index (κ3) is 4.90. The standard InChI is InChI=1S/C21H19N3O5/c1-14(21(27)23-16-6-4-5-15(11-16)12-22)29-20(26)9-10-24-17-7-2-3-8-18(17)28-13-19(24)25/h2-8,11,14H,9-10,13H2,1H3,(H,23,27)/t14-/m1/s1. The molecule has 1 aliphatic heterocycles. The summed E-state index contributed by atoms with van der Waals surface area (Å²) in [5, 5.41) is 11.5. The van der Waals surface area contributed by atoms with E-state index in [0.29, 0.717) is 22.7 Å². The number of carbonyl (C=O) groups is 3. The normalized spacial score (nSPS) is 13.5. The van der Waals surface area contributed by atoms with Crippen LogP contribution in [0.1, 0.15) is 18.9 Å². The summed E-state index contributed by atoms with van der Waals surface area (Å²) in [4.78, 5) is 38.0. The molecular formula is C21H19N3O5. The predicted molar refractivity (Wildman–Crippen MR) is 104 cm³/mol. The van der Waals surface area contributed by atoms with Gasteiger partial charge in [-0.05, 0) is 37.3 Å². The van der Waals surface area contributed by atoms with Gasteiger partial charge in [-0.15, -0.1) is 0 Å². The molecule has 0 radical (unpaired) electrons. The van der Waals surface area contributed by atoms with Crippen LogP contribution in [0.25, 0.3) is 0 Å². The molecule has 0 fully saturated rings. The Morgan fingerprint density at radius 3 is 2.86 bits per heavy atom. The Morgan fingerprint density at radius 2 is 2.07 bits per heavy atom. The number of fused-ring (bicyclic) bond motifs is 1. The zero-order chi connectivity index (χ0) is 20.8. The van der Waals surface area contributed by atoms with Gasteiger partial charge in [0.05, 0.1) is 23.7 Å². The molecule has 0 aromatic heterocycles. The number of anilines is 2. The highest BCUT2D eigenvalue weighted by Crippen LogP contribution is 2.31. The summed E-state index contributed by atoms with van der Waals surface area (Å²) in [7, 11) is 0. The molecule has 0 spiro atoms. The highest BCUT2D eigenvalue weighted by atomic mass is 16.5. The van der Waals surface area contributed by atoms with E-state index in [4.69, 9.17) is 14.7 Å². The van der Waals surface area contributed by atoms with E-state index in [-0.39, 0.29) is 25.5 Å². The van der Waals surface area contributed by atoms with E-state index < -0.39 is 18.0 Å². The lowest BCUT2D eigenvalue weighted by atomic mass is 10.2. The van der Waals surface area contributed by atoms with Gasteiger partial charge in [-0.25, -0.2) is 0 Å². The fourth-order valence-electron chi connectivity index (χ4n) is 2.82. The van der Waals surface area contributed by atoms with Crippen LogP contribution >= 0.6 is 0 Å². The summed E-state index contributed by atoms with van der Waals surface area (Å²) in [5.74, 6) is -0.788. The summed E-state index contributed by atoms with van der Waals surface area (Å²) in [6, 6.07) is 15.5. The number of nitrogens with one attached hydrogen (secondary N) is 1. The minimum absolute atomic E-state index is 0.0678. The predicted octanol–water partition coefficient (Wildman–Crippen LogP) is 2.24. The molecule has 2 aromatic rings. The van der Waals surface area contributed by atoms with Crippen LogP contribution in [0.3, 0.4) is 0 Å². The van der Waals surface area contributed by atoms with Crippen LogP contribution < -0.4 is 15.0 Å². The molecule has 0 bridgehead atoms. The van der Waals surface area contributed by atoms with E-state index in [9.17, 15) is 14.4 Å². The van der Waals surface area contributed by atoms with Crippen LogP contribution in [-0.2, 0) is 19.1 Å². The fourth-order valence-corrected chi connectivity index (χ4v) is 2.82. The minimum Gasteiger partial charge on any atom is -0.482 e. The number of esters is 1. The van der Waals surface area contributed by atoms with Gasteiger partial charge in [0.1, 0.15) is 5.75 Å². The van der Waals surface area contributed by atoms with Crippen molar-refractivity contribution < 1.29 is 23.9 Å². The monoisotopic (exact) mass is 393 g/mol. The quantitative estimate of drug-likeness (QED) is 0.754. The van der Waals surface area contributed by atoms with Crippen LogP contribution in [-0.4, -0.2) is 37.0 Å². The van der Waals surface area contributed by atoms with Gasteiger partial charge in [0.15, 0.2) is 12.7 Å². The second-order valence-corrected chi connectivity index (χ2v) is 6.37. The van der Waals surface area contributed by atoms with Crippen LogP contribution in [0.4, 0.5) is 11.4 Å². The van der Waals surface area contributed by atoms with E-state index in [2.05, 4.69) is 5.32 Å². The molecule has 0 aliphatic carbocycles. The van der Waals surface area contributed by atoms with Crippen LogP contribution in [0.15, 0.2) is 48.5 Å². The molecule has 8 nitrogen and oxygen atoms in total. The maximum Gasteiger partial charge on any atom is 0.308 e. The van der Waals surface area contributed by atoms with Crippen molar-refractivity contribution in [3.8, 4) is 11.8 Å². The third-order valence-corrected chi connectivity index (χ3v) is 4.28. The van der Waals surface area contributed by atoms with Gasteiger partial charge in [0, 0.05) is 12.2 Å². The number of amides is 2. The average Bonchev–Trinajstić information content (AvgIpc) is 2.73. The molecule has 1 heterocycles. The lowest BCUT2D eigenvalue weighted by molar-refractivity contribution is -0.153. The van der Waals surface area contributed by atoms with E-state index in [1.54, 1.807) is 42.5 Å². The van der Waals surface area contributed by atoms with Crippen molar-refractivity contribution in [3.05, 3.63) is 54.1 Å². The zero-order valence-electron chi connectivity index (χ0n) is 15.8. The van der Waals surface area contributed by atoms with E-state index in [0.717, 1.165) is 0 Å². The van der Waals surface area contributed by atoms with Crippen molar-refractivity contribution in [1.29, 1.82) is 5.26 Å². The lowest BCUT2D eigenvalue weighted by Gasteiger charge is -2.29. The van der Waals surface area contributed by atoms with Gasteiger partial charge in [0.2, 0.25) is 0 Å². The molecule has 0 unspecified atom stereocenters. The number of benzene rings is 2. The fraction of sp³-hybridized carbons (Fsp3) is 0.238. The molecule has 29 heavy (non-hydrogen) atoms. The van der Waals surface area contributed by atoms with Crippen LogP contribution in [0, 0.1) is 11.3 Å². The number of hydrogen-bond acceptors (Lipinski definition) is 6. The molecule has 1 aliphatic rings. The highest BCUT2D eigenvalue weighted by molar-refractivity contribution is 5.98. The van der Waals surface area contributed by atoms with Crippen molar-refractivity contribution in [2.75, 3.05) is 23.4 Å². The van der Waals surface area contributed by atoms with Crippen LogP contribution in [0.5, 0.6) is 5.75 Å². The van der Waals surface area contributed by atoms with Gasteiger partial charge in [-0.1, -0.05) is 18.2 Å². The SMILES string of the molecule is C[C@@H](OC(=O)CCN1C(=O)COc2ccccc21)C(=O)Nc1cccc(C#N)c1. The summed E-state index contributed by atoms with van der Waals surface area (Å²) < 4.78 is 10.5. The van der Waals surface area contributed by atoms with E-state index in [1.807, 2.05) is 6.07 Å². The number of hydrogen-bond donors (Lipinski definition) is 1. The topological polar surface area (TPSA) is 109 Å². The number of nitrogens with zero attached hydrogens (tertiary/aromatic N) is 2. The smallest absolute Gasteiger partial charge is 0.308 e. The average molecular weight is 393 g/mol. The van der Waals surface area contributed by atoms with Crippen LogP contribution in [0.2, 0.25) is 0 Å². The summed E-state index contributed by atoms with van der Waals surface area (Å²) in [6.07, 6.45) is -1.09. The first kappa shape index (κ1) is 19.9. The van der Waals surface area contributed by atoms with Crippen molar-refractivity contribution in [2.24, 2.45) is 0 Å². The zero-order valence-corrected chi connectivity index (χ0v) is 15.8. The molecule has 8 heteroatoms. The Balaban J connectivity index is 1.53. The number of ether oxygens (including phenoxy) is 2. The molecular weight excluding hydrogens is 374 g/mol. The van der Waals surface area contributed by atoms with Gasteiger partial charge >= 0.3 is 5.97 Å². The summed E-state index contributed by atoms with van der Waals surface area (Å²) >= 11 is 0. The molecule has 2 aromatic carbocycles. The maximum atomic E-state index is 12.2. The number of nitriles is 1. The molecule has 1 atom stereocenters. The van der Waals surface area contributed by atoms with E-state index >= 15 is 0 Å². The Hall–Kier alpha value is -3.86. The molecule has 2 amide bonds. The minimum atomic E-state index is -1.03. The van der Waals surface area contributed by atoms with Gasteiger partial charge in [-0.3, -0.25) is 14.4 Å². The van der Waals surface area contributed by atoms with Gasteiger partial charge in [0.25, 0.3) is 11.8 Å². The molecule has 0 saturated carbocycles. The lowest BCUT2D eigenvalue weighted by Crippen LogP contribution is -2.40. The van der Waals surface area contributed by atoms with Crippen molar-refractivity contribution >= 4 is 29.2 Å². The summed E-state index contributed by atoms with van der Waals surface area (Å²) in [5.41, 5.74) is 1.44. The van der Waals surface area contributed by atoms with Crippen molar-refractivity contribution in [2.45, 2.75) is 19.4 Å². The first-order valence-corrected chi connectivity index (χ1v) is 9.00. The number of para-hydroxylation sites is 2. The maximum absolute atomic E-state index is 12.2. The Labute approximate surface area is 167 Å². The molecule has 1 N–H and O–H groups in total. The molecule has 0 saturated heterocycles. The largest absolute Gasteiger partial charge is 0.482 e. The second-order valence-electron chi connectivity index (χ2n) is 6.37. The van der Waals surface area contributed by atoms with E-state index in [1.165, 1.54) is 17.9 Å². The molecule has 3 rings (SSSR count). The molecule has 148 valence electrons. The Kier molecular flexibility index (Phi) is 6.09. The second kappa shape index (κ2) is 8.89. The number of carbonyl (C=O) groups excluding carboxylic acids is 3. The van der Waals surface area contributed by atoms with Crippen molar-refractivity contribution in [3.63, 3.8) is 0 Å². The highest BCUT2D eigenvalue weighted by Gasteiger charge is 2.26. The first-order valence-electron chi connectivity index (χ1n) is 9.00. The third-order valence-electron chi connectivity index (χ3n) is 4.28. The first-order chi connectivity index (χ1) is 14.0. The Morgan fingerprint density at radius 1 is 1.28 bits per heavy atom. The number of rotatable bonds is 6. The van der Waals surface area contributed by atoms with Gasteiger partial charge in [-0.2, -0.15) is 5.26 Å². The van der Waals surface area contributed by atoms with Crippen molar-refractivity contribution in [1.82, 2.24) is 0 Å². The summed E-state index contributed by atoms with van der Waals surface area (Å²) in [6.45, 7) is 1.49. The van der Waals surface area contributed by atoms with Gasteiger partial charge < -0.3 is 19.7 Å².